The van der Waals surface area contributed by atoms with E-state index in [0.717, 1.165) is 0 Å². The maximum Gasteiger partial charge on any atom is 0.243 e. The molecule has 0 bridgehead atoms. The first-order chi connectivity index (χ1) is 18.5. The zero-order valence-corrected chi connectivity index (χ0v) is 24.0. The molecule has 0 atom stereocenters. The lowest BCUT2D eigenvalue weighted by Gasteiger charge is -2.33. The lowest BCUT2D eigenvalue weighted by atomic mass is 9.86. The fourth-order valence-electron chi connectivity index (χ4n) is 4.43. The number of methoxy groups -OCH3 is 3. The van der Waals surface area contributed by atoms with Crippen LogP contribution in [0.4, 0.5) is 0 Å². The third-order valence-corrected chi connectivity index (χ3v) is 8.79. The molecule has 0 aromatic heterocycles. The van der Waals surface area contributed by atoms with Crippen LogP contribution in [0, 0.1) is 16.7 Å². The van der Waals surface area contributed by atoms with E-state index < -0.39 is 15.4 Å². The normalized spacial score (nSPS) is 14.8. The molecule has 1 aliphatic heterocycles. The van der Waals surface area contributed by atoms with E-state index in [-0.39, 0.29) is 16.8 Å². The van der Waals surface area contributed by atoms with Crippen molar-refractivity contribution in [3.05, 3.63) is 42.0 Å². The third kappa shape index (κ3) is 7.34. The van der Waals surface area contributed by atoms with E-state index in [2.05, 4.69) is 5.32 Å². The summed E-state index contributed by atoms with van der Waals surface area (Å²) in [6.07, 6.45) is 2.32. The first kappa shape index (κ1) is 30.1. The Morgan fingerprint density at radius 3 is 2.15 bits per heavy atom. The topological polar surface area (TPSA) is 127 Å². The highest BCUT2D eigenvalue weighted by molar-refractivity contribution is 7.89. The van der Waals surface area contributed by atoms with Crippen LogP contribution in [0.1, 0.15) is 45.1 Å². The van der Waals surface area contributed by atoms with Crippen LogP contribution >= 0.6 is 0 Å². The Balaban J connectivity index is 1.47. The molecule has 2 aromatic carbocycles. The number of nitrogens with zero attached hydrogens (tertiary/aromatic N) is 2. The van der Waals surface area contributed by atoms with Gasteiger partial charge in [-0.1, -0.05) is 13.8 Å². The molecule has 0 saturated carbocycles. The Labute approximate surface area is 230 Å². The van der Waals surface area contributed by atoms with Gasteiger partial charge in [-0.2, -0.15) is 9.57 Å². The molecule has 2 aromatic rings. The molecule has 39 heavy (non-hydrogen) atoms. The van der Waals surface area contributed by atoms with E-state index in [1.54, 1.807) is 26.4 Å². The Morgan fingerprint density at radius 1 is 1.05 bits per heavy atom. The van der Waals surface area contributed by atoms with Crippen LogP contribution in [0.5, 0.6) is 23.0 Å². The van der Waals surface area contributed by atoms with Crippen LogP contribution in [-0.4, -0.2) is 65.7 Å². The number of hydrogen-bond donors (Lipinski definition) is 1. The van der Waals surface area contributed by atoms with Crippen LogP contribution in [-0.2, 0) is 14.8 Å². The molecule has 212 valence electrons. The Hall–Kier alpha value is -3.49. The second kappa shape index (κ2) is 13.0. The zero-order chi connectivity index (χ0) is 28.6. The highest BCUT2D eigenvalue weighted by Crippen LogP contribution is 2.41. The Bertz CT molecular complexity index is 1250. The smallest absolute Gasteiger partial charge is 0.243 e. The van der Waals surface area contributed by atoms with Crippen LogP contribution in [0.25, 0.3) is 0 Å². The van der Waals surface area contributed by atoms with Gasteiger partial charge in [-0.25, -0.2) is 8.42 Å². The van der Waals surface area contributed by atoms with Gasteiger partial charge in [0.25, 0.3) is 0 Å². The maximum atomic E-state index is 13.0. The molecule has 1 aliphatic rings. The molecule has 1 amide bonds. The second-order valence-corrected chi connectivity index (χ2v) is 11.9. The number of sulfonamides is 1. The van der Waals surface area contributed by atoms with E-state index in [1.165, 1.54) is 35.7 Å². The van der Waals surface area contributed by atoms with Gasteiger partial charge in [0, 0.05) is 36.7 Å². The van der Waals surface area contributed by atoms with Crippen molar-refractivity contribution in [1.29, 1.82) is 5.26 Å². The maximum absolute atomic E-state index is 13.0. The van der Waals surface area contributed by atoms with Crippen LogP contribution < -0.4 is 24.3 Å². The van der Waals surface area contributed by atoms with Gasteiger partial charge in [-0.15, -0.1) is 0 Å². The van der Waals surface area contributed by atoms with Crippen molar-refractivity contribution in [1.82, 2.24) is 9.62 Å². The monoisotopic (exact) mass is 559 g/mol. The highest BCUT2D eigenvalue weighted by Gasteiger charge is 2.33. The van der Waals surface area contributed by atoms with Crippen molar-refractivity contribution in [2.24, 2.45) is 5.41 Å². The zero-order valence-electron chi connectivity index (χ0n) is 23.2. The lowest BCUT2D eigenvalue weighted by Crippen LogP contribution is -2.49. The second-order valence-electron chi connectivity index (χ2n) is 9.98. The quantitative estimate of drug-likeness (QED) is 0.390. The van der Waals surface area contributed by atoms with E-state index in [9.17, 15) is 13.2 Å². The van der Waals surface area contributed by atoms with Gasteiger partial charge in [-0.05, 0) is 49.9 Å². The number of benzene rings is 2. The summed E-state index contributed by atoms with van der Waals surface area (Å²) in [7, 11) is 0.979. The van der Waals surface area contributed by atoms with Crippen molar-refractivity contribution >= 4 is 15.9 Å². The number of nitriles is 1. The molecule has 0 unspecified atom stereocenters. The van der Waals surface area contributed by atoms with Gasteiger partial charge < -0.3 is 24.3 Å². The molecular weight excluding hydrogens is 522 g/mol. The number of carbonyl (C=O) groups excluding carboxylic acids is 1. The van der Waals surface area contributed by atoms with Crippen molar-refractivity contribution in [3.63, 3.8) is 0 Å². The predicted molar refractivity (Wildman–Crippen MR) is 146 cm³/mol. The number of hydrogen-bond acceptors (Lipinski definition) is 8. The minimum atomic E-state index is -3.64. The molecule has 1 saturated heterocycles. The average Bonchev–Trinajstić information content (AvgIpc) is 2.94. The van der Waals surface area contributed by atoms with Crippen molar-refractivity contribution in [2.45, 2.75) is 50.5 Å². The van der Waals surface area contributed by atoms with E-state index >= 15 is 0 Å². The minimum Gasteiger partial charge on any atom is -0.493 e. The van der Waals surface area contributed by atoms with E-state index in [4.69, 9.17) is 24.2 Å². The van der Waals surface area contributed by atoms with E-state index in [1.807, 2.05) is 19.9 Å². The molecule has 1 heterocycles. The van der Waals surface area contributed by atoms with Crippen LogP contribution in [0.2, 0.25) is 0 Å². The molecular formula is C28H37N3O7S. The molecule has 10 nitrogen and oxygen atoms in total. The van der Waals surface area contributed by atoms with Gasteiger partial charge in [0.15, 0.2) is 11.5 Å². The summed E-state index contributed by atoms with van der Waals surface area (Å²) in [4.78, 5) is 13.2. The molecule has 0 aliphatic carbocycles. The first-order valence-corrected chi connectivity index (χ1v) is 14.2. The Kier molecular flexibility index (Phi) is 10.1. The molecule has 1 fully saturated rings. The fourth-order valence-corrected chi connectivity index (χ4v) is 5.90. The SMILES string of the molecule is COc1cc(OCCCC(C)(C)C(=O)NC2CCN(S(=O)(=O)c3ccc(C#N)cc3)CC2)cc(OC)c1OC. The van der Waals surface area contributed by atoms with Crippen molar-refractivity contribution in [2.75, 3.05) is 41.0 Å². The van der Waals surface area contributed by atoms with Gasteiger partial charge >= 0.3 is 0 Å². The van der Waals surface area contributed by atoms with Crippen molar-refractivity contribution in [3.8, 4) is 29.1 Å². The van der Waals surface area contributed by atoms with Crippen molar-refractivity contribution < 1.29 is 32.2 Å². The van der Waals surface area contributed by atoms with Gasteiger partial charge in [0.05, 0.1) is 44.5 Å². The first-order valence-electron chi connectivity index (χ1n) is 12.8. The number of carbonyl (C=O) groups is 1. The van der Waals surface area contributed by atoms with Crippen LogP contribution in [0.3, 0.4) is 0 Å². The van der Waals surface area contributed by atoms with E-state index in [0.29, 0.717) is 73.9 Å². The molecule has 0 radical (unpaired) electrons. The number of amides is 1. The molecule has 3 rings (SSSR count). The summed E-state index contributed by atoms with van der Waals surface area (Å²) in [5.74, 6) is 2.01. The highest BCUT2D eigenvalue weighted by atomic mass is 32.2. The number of rotatable bonds is 12. The van der Waals surface area contributed by atoms with Gasteiger partial charge in [0.1, 0.15) is 5.75 Å². The lowest BCUT2D eigenvalue weighted by molar-refractivity contribution is -0.130. The average molecular weight is 560 g/mol. The number of nitrogens with one attached hydrogen (secondary N) is 1. The predicted octanol–water partition coefficient (Wildman–Crippen LogP) is 3.74. The summed E-state index contributed by atoms with van der Waals surface area (Å²) in [5.41, 5.74) is -0.213. The molecule has 11 heteroatoms. The summed E-state index contributed by atoms with van der Waals surface area (Å²) < 4.78 is 49.3. The Morgan fingerprint density at radius 2 is 1.64 bits per heavy atom. The summed E-state index contributed by atoms with van der Waals surface area (Å²) >= 11 is 0. The molecule has 1 N–H and O–H groups in total. The number of piperidine rings is 1. The number of ether oxygens (including phenoxy) is 4. The summed E-state index contributed by atoms with van der Waals surface area (Å²) in [5, 5.41) is 12.0. The fraction of sp³-hybridized carbons (Fsp3) is 0.500. The van der Waals surface area contributed by atoms with Gasteiger partial charge in [0.2, 0.25) is 21.7 Å². The third-order valence-electron chi connectivity index (χ3n) is 6.88. The minimum absolute atomic E-state index is 0.0660. The van der Waals surface area contributed by atoms with Crippen LogP contribution in [0.15, 0.2) is 41.3 Å². The molecule has 0 spiro atoms. The van der Waals surface area contributed by atoms with Gasteiger partial charge in [-0.3, -0.25) is 4.79 Å². The summed E-state index contributed by atoms with van der Waals surface area (Å²) in [6.45, 7) is 4.83. The summed E-state index contributed by atoms with van der Waals surface area (Å²) in [6, 6.07) is 11.3. The standard InChI is InChI=1S/C28H37N3O7S/c1-28(2,13-6-16-38-22-17-24(35-3)26(37-5)25(18-22)36-4)27(32)30-21-11-14-31(15-12-21)39(33,34)23-9-7-20(19-29)8-10-23/h7-10,17-18,21H,6,11-16H2,1-5H3,(H,30,32). The largest absolute Gasteiger partial charge is 0.493 e.